The molecule has 0 heterocycles. The average molecular weight is 669 g/mol. The summed E-state index contributed by atoms with van der Waals surface area (Å²) >= 11 is 0. The molecule has 7 heteroatoms. The van der Waals surface area contributed by atoms with Crippen molar-refractivity contribution in [3.05, 3.63) is 85.2 Å². The zero-order valence-corrected chi connectivity index (χ0v) is 34.7. The van der Waals surface area contributed by atoms with E-state index in [9.17, 15) is 0 Å². The largest absolute Gasteiger partial charge is 0.409 e. The summed E-state index contributed by atoms with van der Waals surface area (Å²) in [5.41, 5.74) is 3.72. The first-order valence-corrected chi connectivity index (χ1v) is 27.5. The highest BCUT2D eigenvalue weighted by molar-refractivity contribution is 7.00. The number of hydrogen-bond donors (Lipinski definition) is 0. The van der Waals surface area contributed by atoms with E-state index in [0.717, 1.165) is 19.3 Å². The Kier molecular flexibility index (Phi) is 12.2. The van der Waals surface area contributed by atoms with Gasteiger partial charge in [-0.05, 0) is 76.6 Å². The molecule has 44 heavy (non-hydrogen) atoms. The molecular formula is C37H64O3Si4. The summed E-state index contributed by atoms with van der Waals surface area (Å²) in [7, 11) is -9.75. The van der Waals surface area contributed by atoms with Gasteiger partial charge in [-0.3, -0.25) is 0 Å². The van der Waals surface area contributed by atoms with Crippen molar-refractivity contribution in [1.29, 1.82) is 0 Å². The molecule has 0 aromatic heterocycles. The fourth-order valence-electron chi connectivity index (χ4n) is 6.82. The maximum absolute atomic E-state index is 7.94. The van der Waals surface area contributed by atoms with Crippen molar-refractivity contribution in [2.75, 3.05) is 0 Å². The minimum Gasteiger partial charge on any atom is -0.409 e. The number of benzene rings is 2. The van der Waals surface area contributed by atoms with Crippen molar-refractivity contribution < 1.29 is 13.3 Å². The first kappa shape index (κ1) is 38.8. The zero-order valence-electron chi connectivity index (χ0n) is 30.7. The molecule has 2 rings (SSSR count). The second-order valence-corrected chi connectivity index (χ2v) is 32.4. The lowest BCUT2D eigenvalue weighted by Gasteiger charge is -2.60. The molecule has 1 atom stereocenters. The summed E-state index contributed by atoms with van der Waals surface area (Å²) in [6.07, 6.45) is 2.67. The van der Waals surface area contributed by atoms with Crippen LogP contribution < -0.4 is 10.4 Å². The topological polar surface area (TPSA) is 27.7 Å². The van der Waals surface area contributed by atoms with E-state index in [1.54, 1.807) is 0 Å². The van der Waals surface area contributed by atoms with E-state index >= 15 is 0 Å². The first-order valence-electron chi connectivity index (χ1n) is 16.6. The maximum atomic E-state index is 7.94. The molecule has 0 bridgehead atoms. The SMILES string of the molecule is C=C[Si](C)(C)OC(CC)(CC)[Si](C)(C)OC(C)(CC)C(C)(C)[Si](OC(C)(C)[Si](C)(C)C=C)(c1ccccc1)c1ccccc1. The van der Waals surface area contributed by atoms with Crippen molar-refractivity contribution >= 4 is 43.4 Å². The Morgan fingerprint density at radius 3 is 1.39 bits per heavy atom. The summed E-state index contributed by atoms with van der Waals surface area (Å²) in [6.45, 7) is 41.1. The third-order valence-corrected chi connectivity index (χ3v) is 27.3. The van der Waals surface area contributed by atoms with Crippen LogP contribution >= 0.6 is 0 Å². The molecule has 0 saturated carbocycles. The Labute approximate surface area is 275 Å². The van der Waals surface area contributed by atoms with Crippen LogP contribution in [0.3, 0.4) is 0 Å². The van der Waals surface area contributed by atoms with Crippen LogP contribution in [0.4, 0.5) is 0 Å². The van der Waals surface area contributed by atoms with Crippen LogP contribution in [-0.4, -0.2) is 49.1 Å². The molecular weight excluding hydrogens is 605 g/mol. The Morgan fingerprint density at radius 2 is 1.05 bits per heavy atom. The molecule has 0 aliphatic carbocycles. The molecule has 0 spiro atoms. The van der Waals surface area contributed by atoms with Crippen LogP contribution in [0.25, 0.3) is 0 Å². The van der Waals surface area contributed by atoms with Gasteiger partial charge in [0.1, 0.15) is 8.07 Å². The minimum atomic E-state index is -3.09. The monoisotopic (exact) mass is 668 g/mol. The number of rotatable bonds is 17. The van der Waals surface area contributed by atoms with E-state index in [1.807, 2.05) is 0 Å². The van der Waals surface area contributed by atoms with E-state index in [2.05, 4.69) is 180 Å². The minimum absolute atomic E-state index is 0.328. The zero-order chi connectivity index (χ0) is 33.9. The molecule has 0 aliphatic heterocycles. The van der Waals surface area contributed by atoms with E-state index in [-0.39, 0.29) is 10.4 Å². The molecule has 0 aliphatic rings. The molecule has 2 aromatic rings. The molecule has 0 N–H and O–H groups in total. The summed E-state index contributed by atoms with van der Waals surface area (Å²) < 4.78 is 22.9. The van der Waals surface area contributed by atoms with Crippen LogP contribution in [0, 0.1) is 0 Å². The highest BCUT2D eigenvalue weighted by Gasteiger charge is 2.65. The smallest absolute Gasteiger partial charge is 0.264 e. The van der Waals surface area contributed by atoms with E-state index in [1.165, 1.54) is 10.4 Å². The van der Waals surface area contributed by atoms with E-state index in [4.69, 9.17) is 13.3 Å². The van der Waals surface area contributed by atoms with Crippen molar-refractivity contribution in [3.8, 4) is 0 Å². The molecule has 0 amide bonds. The summed E-state index contributed by atoms with van der Waals surface area (Å²) in [4.78, 5) is 0. The van der Waals surface area contributed by atoms with Crippen molar-refractivity contribution in [2.24, 2.45) is 0 Å². The molecule has 2 aromatic carbocycles. The molecule has 1 unspecified atom stereocenters. The quantitative estimate of drug-likeness (QED) is 0.157. The Balaban J connectivity index is 3.00. The van der Waals surface area contributed by atoms with Gasteiger partial charge >= 0.3 is 0 Å². The average Bonchev–Trinajstić information content (AvgIpc) is 2.98. The first-order chi connectivity index (χ1) is 20.1. The highest BCUT2D eigenvalue weighted by Crippen LogP contribution is 2.54. The third-order valence-electron chi connectivity index (χ3n) is 11.4. The summed E-state index contributed by atoms with van der Waals surface area (Å²) in [5.74, 6) is 0. The van der Waals surface area contributed by atoms with E-state index in [0.29, 0.717) is 0 Å². The lowest BCUT2D eigenvalue weighted by molar-refractivity contribution is -0.00606. The molecule has 3 nitrogen and oxygen atoms in total. The van der Waals surface area contributed by atoms with Gasteiger partial charge in [-0.2, -0.15) is 0 Å². The van der Waals surface area contributed by atoms with Gasteiger partial charge in [-0.1, -0.05) is 120 Å². The van der Waals surface area contributed by atoms with Crippen LogP contribution in [0.15, 0.2) is 85.2 Å². The molecule has 246 valence electrons. The molecule has 0 radical (unpaired) electrons. The second-order valence-electron chi connectivity index (χ2n) is 15.4. The van der Waals surface area contributed by atoms with E-state index < -0.39 is 43.7 Å². The standard InChI is InChI=1S/C37H64O3Si4/c1-17-36(10,39-43(15,16)37(18-2,19-3)40-42(13,14)21-5)34(6,7)44(32-28-24-22-25-29-32,33-30-26-23-27-31-33)38-35(8,9)41(11,12)20-4/h20-31H,4-5,17-19H2,1-3,6-16H3. The van der Waals surface area contributed by atoms with Gasteiger partial charge in [0.05, 0.1) is 10.8 Å². The Morgan fingerprint density at radius 1 is 0.614 bits per heavy atom. The van der Waals surface area contributed by atoms with Gasteiger partial charge in [0.2, 0.25) is 16.6 Å². The fourth-order valence-corrected chi connectivity index (χ4v) is 20.8. The second kappa shape index (κ2) is 13.8. The lowest BCUT2D eigenvalue weighted by atomic mass is 9.89. The number of hydrogen-bond acceptors (Lipinski definition) is 3. The van der Waals surface area contributed by atoms with Crippen molar-refractivity contribution in [1.82, 2.24) is 0 Å². The summed E-state index contributed by atoms with van der Waals surface area (Å²) in [5, 5.41) is 1.43. The normalized spacial score (nSPS) is 15.5. The Bertz CT molecular complexity index is 1190. The lowest BCUT2D eigenvalue weighted by Crippen LogP contribution is -2.77. The fraction of sp³-hybridized carbons (Fsp3) is 0.568. The van der Waals surface area contributed by atoms with Crippen LogP contribution in [-0.2, 0) is 13.3 Å². The highest BCUT2D eigenvalue weighted by atomic mass is 28.4. The van der Waals surface area contributed by atoms with Gasteiger partial charge in [-0.25, -0.2) is 0 Å². The molecule has 0 saturated heterocycles. The predicted octanol–water partition coefficient (Wildman–Crippen LogP) is 9.73. The van der Waals surface area contributed by atoms with Crippen molar-refractivity contribution in [2.45, 2.75) is 135 Å². The third kappa shape index (κ3) is 6.99. The van der Waals surface area contributed by atoms with Crippen molar-refractivity contribution in [3.63, 3.8) is 0 Å². The van der Waals surface area contributed by atoms with Gasteiger partial charge in [0.15, 0.2) is 0 Å². The maximum Gasteiger partial charge on any atom is 0.264 e. The van der Waals surface area contributed by atoms with Crippen LogP contribution in [0.2, 0.25) is 44.3 Å². The van der Waals surface area contributed by atoms with Crippen LogP contribution in [0.1, 0.15) is 74.7 Å². The molecule has 0 fully saturated rings. The summed E-state index contributed by atoms with van der Waals surface area (Å²) in [6, 6.07) is 22.1. The Hall–Kier alpha value is -1.33. The van der Waals surface area contributed by atoms with Gasteiger partial charge in [0.25, 0.3) is 8.32 Å². The van der Waals surface area contributed by atoms with Gasteiger partial charge < -0.3 is 13.3 Å². The van der Waals surface area contributed by atoms with Crippen LogP contribution in [0.5, 0.6) is 0 Å². The predicted molar refractivity (Wildman–Crippen MR) is 204 cm³/mol. The van der Waals surface area contributed by atoms with Gasteiger partial charge in [0, 0.05) is 10.3 Å². The van der Waals surface area contributed by atoms with Gasteiger partial charge in [-0.15, -0.1) is 13.2 Å².